The summed E-state index contributed by atoms with van der Waals surface area (Å²) >= 11 is 9.17. The number of hydrogen-bond donors (Lipinski definition) is 1. The van der Waals surface area contributed by atoms with Gasteiger partial charge in [0.05, 0.1) is 7.11 Å². The Bertz CT molecular complexity index is 628. The van der Waals surface area contributed by atoms with E-state index in [9.17, 15) is 9.18 Å². The van der Waals surface area contributed by atoms with Crippen LogP contribution in [0, 0.1) is 5.82 Å². The third-order valence-corrected chi connectivity index (χ3v) is 3.56. The molecule has 2 aromatic carbocycles. The number of benzene rings is 2. The minimum absolute atomic E-state index is 0.219. The molecule has 0 radical (unpaired) electrons. The van der Waals surface area contributed by atoms with Gasteiger partial charge in [-0.2, -0.15) is 0 Å². The average molecular weight is 373 g/mol. The van der Waals surface area contributed by atoms with Crippen molar-refractivity contribution in [2.45, 2.75) is 6.04 Å². The number of rotatable bonds is 4. The largest absolute Gasteiger partial charge is 0.467 e. The predicted molar refractivity (Wildman–Crippen MR) is 83.9 cm³/mol. The Balaban J connectivity index is 2.34. The molecule has 0 spiro atoms. The van der Waals surface area contributed by atoms with E-state index >= 15 is 0 Å². The van der Waals surface area contributed by atoms with E-state index in [1.807, 2.05) is 12.1 Å². The number of carbonyl (C=O) groups is 1. The first-order valence-corrected chi connectivity index (χ1v) is 7.22. The zero-order valence-corrected chi connectivity index (χ0v) is 13.4. The second-order valence-electron chi connectivity index (χ2n) is 4.31. The maximum Gasteiger partial charge on any atom is 0.332 e. The van der Waals surface area contributed by atoms with Gasteiger partial charge in [0.15, 0.2) is 6.04 Å². The fourth-order valence-corrected chi connectivity index (χ4v) is 2.35. The highest BCUT2D eigenvalue weighted by Crippen LogP contribution is 2.25. The van der Waals surface area contributed by atoms with Crippen molar-refractivity contribution < 1.29 is 13.9 Å². The van der Waals surface area contributed by atoms with Crippen molar-refractivity contribution in [1.82, 2.24) is 0 Å². The molecule has 0 fully saturated rings. The summed E-state index contributed by atoms with van der Waals surface area (Å²) in [6.45, 7) is 0. The lowest BCUT2D eigenvalue weighted by Gasteiger charge is -2.18. The predicted octanol–water partition coefficient (Wildman–Crippen LogP) is 4.57. The normalized spacial score (nSPS) is 11.8. The van der Waals surface area contributed by atoms with E-state index in [0.29, 0.717) is 11.3 Å². The van der Waals surface area contributed by atoms with Gasteiger partial charge in [0.2, 0.25) is 0 Å². The van der Waals surface area contributed by atoms with E-state index in [1.54, 1.807) is 12.1 Å². The first-order valence-electron chi connectivity index (χ1n) is 6.05. The van der Waals surface area contributed by atoms with Gasteiger partial charge < -0.3 is 10.1 Å². The standard InChI is InChI=1S/C15H12BrClFNO2/c1-21-15(20)14(9-6-11(17)8-12(18)7-9)19-13-4-2-10(16)3-5-13/h2-8,14,19H,1H3. The molecule has 0 aliphatic rings. The van der Waals surface area contributed by atoms with E-state index in [-0.39, 0.29) is 5.02 Å². The van der Waals surface area contributed by atoms with Crippen LogP contribution >= 0.6 is 27.5 Å². The van der Waals surface area contributed by atoms with Crippen LogP contribution in [-0.2, 0) is 9.53 Å². The summed E-state index contributed by atoms with van der Waals surface area (Å²) in [4.78, 5) is 11.9. The molecule has 2 aromatic rings. The van der Waals surface area contributed by atoms with Gasteiger partial charge >= 0.3 is 5.97 Å². The van der Waals surface area contributed by atoms with Crippen molar-refractivity contribution in [2.75, 3.05) is 12.4 Å². The highest BCUT2D eigenvalue weighted by molar-refractivity contribution is 9.10. The average Bonchev–Trinajstić information content (AvgIpc) is 2.44. The number of hydrogen-bond acceptors (Lipinski definition) is 3. The smallest absolute Gasteiger partial charge is 0.332 e. The van der Waals surface area contributed by atoms with Crippen LogP contribution < -0.4 is 5.32 Å². The lowest BCUT2D eigenvalue weighted by atomic mass is 10.1. The van der Waals surface area contributed by atoms with Crippen LogP contribution in [0.3, 0.4) is 0 Å². The lowest BCUT2D eigenvalue weighted by Crippen LogP contribution is -2.22. The van der Waals surface area contributed by atoms with Crippen LogP contribution in [0.1, 0.15) is 11.6 Å². The molecule has 1 atom stereocenters. The van der Waals surface area contributed by atoms with Gasteiger partial charge in [-0.05, 0) is 48.0 Å². The van der Waals surface area contributed by atoms with E-state index in [2.05, 4.69) is 21.2 Å². The number of anilines is 1. The molecule has 0 aliphatic carbocycles. The summed E-state index contributed by atoms with van der Waals surface area (Å²) in [5.74, 6) is -1.04. The zero-order chi connectivity index (χ0) is 15.4. The second-order valence-corrected chi connectivity index (χ2v) is 5.66. The SMILES string of the molecule is COC(=O)C(Nc1ccc(Br)cc1)c1cc(F)cc(Cl)c1. The van der Waals surface area contributed by atoms with E-state index in [4.69, 9.17) is 16.3 Å². The van der Waals surface area contributed by atoms with Gasteiger partial charge in [-0.25, -0.2) is 9.18 Å². The molecular weight excluding hydrogens is 361 g/mol. The second kappa shape index (κ2) is 6.91. The van der Waals surface area contributed by atoms with Gasteiger partial charge in [-0.1, -0.05) is 27.5 Å². The summed E-state index contributed by atoms with van der Waals surface area (Å²) in [7, 11) is 1.28. The number of nitrogens with one attached hydrogen (secondary N) is 1. The molecule has 6 heteroatoms. The van der Waals surface area contributed by atoms with Crippen molar-refractivity contribution in [2.24, 2.45) is 0 Å². The Morgan fingerprint density at radius 3 is 2.52 bits per heavy atom. The molecule has 0 aromatic heterocycles. The Kier molecular flexibility index (Phi) is 5.20. The zero-order valence-electron chi connectivity index (χ0n) is 11.1. The van der Waals surface area contributed by atoms with Crippen molar-refractivity contribution in [3.05, 3.63) is 63.3 Å². The molecule has 0 saturated heterocycles. The molecular formula is C15H12BrClFNO2. The Morgan fingerprint density at radius 1 is 1.29 bits per heavy atom. The van der Waals surface area contributed by atoms with Crippen molar-refractivity contribution in [3.63, 3.8) is 0 Å². The molecule has 1 N–H and O–H groups in total. The summed E-state index contributed by atoms with van der Waals surface area (Å²) in [5, 5.41) is 3.23. The summed E-state index contributed by atoms with van der Waals surface area (Å²) < 4.78 is 19.2. The third-order valence-electron chi connectivity index (χ3n) is 2.81. The van der Waals surface area contributed by atoms with E-state index in [1.165, 1.54) is 25.3 Å². The Morgan fingerprint density at radius 2 is 1.95 bits per heavy atom. The van der Waals surface area contributed by atoms with Gasteiger partial charge in [-0.15, -0.1) is 0 Å². The molecule has 2 rings (SSSR count). The van der Waals surface area contributed by atoms with Crippen molar-refractivity contribution >= 4 is 39.2 Å². The minimum Gasteiger partial charge on any atom is -0.467 e. The van der Waals surface area contributed by atoms with Gasteiger partial charge in [0.1, 0.15) is 5.82 Å². The van der Waals surface area contributed by atoms with Crippen LogP contribution in [0.5, 0.6) is 0 Å². The molecule has 0 amide bonds. The quantitative estimate of drug-likeness (QED) is 0.799. The highest BCUT2D eigenvalue weighted by Gasteiger charge is 2.22. The van der Waals surface area contributed by atoms with Crippen LogP contribution in [-0.4, -0.2) is 13.1 Å². The van der Waals surface area contributed by atoms with Gasteiger partial charge in [0, 0.05) is 15.2 Å². The maximum absolute atomic E-state index is 13.5. The number of carbonyl (C=O) groups excluding carboxylic acids is 1. The first-order chi connectivity index (χ1) is 9.99. The summed E-state index contributed by atoms with van der Waals surface area (Å²) in [6.07, 6.45) is 0. The molecule has 3 nitrogen and oxygen atoms in total. The molecule has 110 valence electrons. The summed E-state index contributed by atoms with van der Waals surface area (Å²) in [5.41, 5.74) is 1.10. The molecule has 0 aliphatic heterocycles. The van der Waals surface area contributed by atoms with Crippen molar-refractivity contribution in [1.29, 1.82) is 0 Å². The molecule has 21 heavy (non-hydrogen) atoms. The Hall–Kier alpha value is -1.59. The topological polar surface area (TPSA) is 38.3 Å². The third kappa shape index (κ3) is 4.19. The highest BCUT2D eigenvalue weighted by atomic mass is 79.9. The summed E-state index contributed by atoms with van der Waals surface area (Å²) in [6, 6.07) is 10.4. The van der Waals surface area contributed by atoms with Crippen LogP contribution in [0.25, 0.3) is 0 Å². The minimum atomic E-state index is -0.843. The van der Waals surface area contributed by atoms with E-state index in [0.717, 1.165) is 4.47 Å². The van der Waals surface area contributed by atoms with Gasteiger partial charge in [0.25, 0.3) is 0 Å². The fourth-order valence-electron chi connectivity index (χ4n) is 1.85. The van der Waals surface area contributed by atoms with Crippen LogP contribution in [0.4, 0.5) is 10.1 Å². The van der Waals surface area contributed by atoms with Crippen LogP contribution in [0.15, 0.2) is 46.9 Å². The molecule has 0 saturated carbocycles. The molecule has 0 bridgehead atoms. The van der Waals surface area contributed by atoms with E-state index < -0.39 is 17.8 Å². The van der Waals surface area contributed by atoms with Gasteiger partial charge in [-0.3, -0.25) is 0 Å². The van der Waals surface area contributed by atoms with Crippen LogP contribution in [0.2, 0.25) is 5.02 Å². The lowest BCUT2D eigenvalue weighted by molar-refractivity contribution is -0.141. The monoisotopic (exact) mass is 371 g/mol. The number of methoxy groups -OCH3 is 1. The Labute approximate surface area is 135 Å². The fraction of sp³-hybridized carbons (Fsp3) is 0.133. The number of esters is 1. The van der Waals surface area contributed by atoms with Crippen molar-refractivity contribution in [3.8, 4) is 0 Å². The molecule has 1 unspecified atom stereocenters. The maximum atomic E-state index is 13.5. The first kappa shape index (κ1) is 15.8. The number of halogens is 3. The molecule has 0 heterocycles. The number of ether oxygens (including phenoxy) is 1.